The highest BCUT2D eigenvalue weighted by molar-refractivity contribution is 5.76. The average molecular weight is 267 g/mol. The average Bonchev–Trinajstić information content (AvgIpc) is 2.92. The van der Waals surface area contributed by atoms with Crippen LogP contribution in [0.2, 0.25) is 0 Å². The normalized spacial score (nSPS) is 18.5. The second-order valence-corrected chi connectivity index (χ2v) is 5.22. The third kappa shape index (κ3) is 3.78. The first-order valence-electron chi connectivity index (χ1n) is 6.72. The molecule has 6 heteroatoms. The van der Waals surface area contributed by atoms with Crippen molar-refractivity contribution in [3.8, 4) is 0 Å². The van der Waals surface area contributed by atoms with E-state index in [2.05, 4.69) is 10.2 Å². The molecule has 0 aliphatic carbocycles. The Morgan fingerprint density at radius 3 is 2.79 bits per heavy atom. The summed E-state index contributed by atoms with van der Waals surface area (Å²) >= 11 is 0. The van der Waals surface area contributed by atoms with Gasteiger partial charge in [0.1, 0.15) is 0 Å². The summed E-state index contributed by atoms with van der Waals surface area (Å²) in [5.74, 6) is 0.128. The number of carbonyl (C=O) groups is 1. The number of aliphatic hydroxyl groups excluding tert-OH is 1. The molecule has 0 unspecified atom stereocenters. The lowest BCUT2D eigenvalue weighted by Gasteiger charge is -2.37. The minimum Gasteiger partial charge on any atom is -0.393 e. The molecule has 1 amide bonds. The monoisotopic (exact) mass is 267 g/mol. The minimum atomic E-state index is -0.992. The Morgan fingerprint density at radius 2 is 2.21 bits per heavy atom. The van der Waals surface area contributed by atoms with Gasteiger partial charge in [-0.25, -0.2) is 0 Å². The second kappa shape index (κ2) is 6.16. The fourth-order valence-electron chi connectivity index (χ4n) is 2.35. The number of aliphatic hydroxyl groups is 2. The molecular formula is C13H21N3O3. The Kier molecular flexibility index (Phi) is 4.55. The van der Waals surface area contributed by atoms with Crippen LogP contribution in [0.5, 0.6) is 0 Å². The Balaban J connectivity index is 1.70. The van der Waals surface area contributed by atoms with Crippen LogP contribution in [-0.2, 0) is 11.2 Å². The lowest BCUT2D eigenvalue weighted by Crippen LogP contribution is -2.48. The number of aromatic nitrogens is 2. The van der Waals surface area contributed by atoms with Gasteiger partial charge < -0.3 is 15.1 Å². The molecule has 19 heavy (non-hydrogen) atoms. The highest BCUT2D eigenvalue weighted by Crippen LogP contribution is 2.22. The van der Waals surface area contributed by atoms with Gasteiger partial charge in [-0.3, -0.25) is 9.89 Å². The van der Waals surface area contributed by atoms with Gasteiger partial charge in [0.05, 0.1) is 18.4 Å². The van der Waals surface area contributed by atoms with Gasteiger partial charge in [0.2, 0.25) is 5.91 Å². The molecule has 0 atom stereocenters. The highest BCUT2D eigenvalue weighted by Gasteiger charge is 2.32. The van der Waals surface area contributed by atoms with Crippen molar-refractivity contribution in [3.05, 3.63) is 18.0 Å². The fraction of sp³-hybridized carbons (Fsp3) is 0.692. The van der Waals surface area contributed by atoms with Crippen molar-refractivity contribution in [1.82, 2.24) is 15.1 Å². The van der Waals surface area contributed by atoms with Crippen LogP contribution in [0, 0.1) is 0 Å². The maximum Gasteiger partial charge on any atom is 0.222 e. The molecule has 1 aromatic heterocycles. The summed E-state index contributed by atoms with van der Waals surface area (Å²) in [4.78, 5) is 13.8. The van der Waals surface area contributed by atoms with E-state index in [1.807, 2.05) is 6.20 Å². The van der Waals surface area contributed by atoms with E-state index in [9.17, 15) is 9.90 Å². The largest absolute Gasteiger partial charge is 0.393 e. The number of nitrogens with one attached hydrogen (secondary N) is 1. The van der Waals surface area contributed by atoms with Gasteiger partial charge in [-0.05, 0) is 31.2 Å². The van der Waals surface area contributed by atoms with E-state index >= 15 is 0 Å². The molecule has 106 valence electrons. The zero-order valence-corrected chi connectivity index (χ0v) is 11.0. The first kappa shape index (κ1) is 14.0. The SMILES string of the molecule is O=C(CCCc1cn[nH]c1)N1CCC(O)(CO)CC1. The standard InChI is InChI=1S/C13H21N3O3/c17-10-13(19)4-6-16(7-5-13)12(18)3-1-2-11-8-14-15-9-11/h8-9,17,19H,1-7,10H2,(H,14,15). The summed E-state index contributed by atoms with van der Waals surface area (Å²) in [6.07, 6.45) is 6.69. The van der Waals surface area contributed by atoms with Crippen LogP contribution in [0.25, 0.3) is 0 Å². The van der Waals surface area contributed by atoms with E-state index in [1.54, 1.807) is 11.1 Å². The number of hydrogen-bond acceptors (Lipinski definition) is 4. The first-order chi connectivity index (χ1) is 9.13. The van der Waals surface area contributed by atoms with Gasteiger partial charge in [0.15, 0.2) is 0 Å². The third-order valence-electron chi connectivity index (χ3n) is 3.75. The maximum atomic E-state index is 12.0. The smallest absolute Gasteiger partial charge is 0.222 e. The van der Waals surface area contributed by atoms with Gasteiger partial charge in [-0.1, -0.05) is 0 Å². The van der Waals surface area contributed by atoms with Gasteiger partial charge in [-0.2, -0.15) is 5.10 Å². The van der Waals surface area contributed by atoms with Crippen molar-refractivity contribution in [1.29, 1.82) is 0 Å². The van der Waals surface area contributed by atoms with Crippen molar-refractivity contribution in [2.24, 2.45) is 0 Å². The van der Waals surface area contributed by atoms with Gasteiger partial charge in [0.25, 0.3) is 0 Å². The summed E-state index contributed by atoms with van der Waals surface area (Å²) < 4.78 is 0. The number of aryl methyl sites for hydroxylation is 1. The van der Waals surface area contributed by atoms with E-state index in [1.165, 1.54) is 0 Å². The van der Waals surface area contributed by atoms with Crippen molar-refractivity contribution >= 4 is 5.91 Å². The van der Waals surface area contributed by atoms with Crippen LogP contribution in [0.3, 0.4) is 0 Å². The molecule has 2 heterocycles. The highest BCUT2D eigenvalue weighted by atomic mass is 16.3. The lowest BCUT2D eigenvalue weighted by atomic mass is 9.92. The van der Waals surface area contributed by atoms with Gasteiger partial charge in [0, 0.05) is 25.7 Å². The third-order valence-corrected chi connectivity index (χ3v) is 3.75. The van der Waals surface area contributed by atoms with Gasteiger partial charge >= 0.3 is 0 Å². The van der Waals surface area contributed by atoms with Gasteiger partial charge in [-0.15, -0.1) is 0 Å². The Hall–Kier alpha value is -1.40. The second-order valence-electron chi connectivity index (χ2n) is 5.22. The van der Waals surface area contributed by atoms with E-state index in [0.717, 1.165) is 18.4 Å². The molecule has 1 aromatic rings. The zero-order valence-electron chi connectivity index (χ0n) is 11.0. The van der Waals surface area contributed by atoms with Crippen molar-refractivity contribution in [2.75, 3.05) is 19.7 Å². The molecule has 6 nitrogen and oxygen atoms in total. The molecular weight excluding hydrogens is 246 g/mol. The molecule has 0 bridgehead atoms. The number of hydrogen-bond donors (Lipinski definition) is 3. The van der Waals surface area contributed by atoms with Crippen LogP contribution in [0.4, 0.5) is 0 Å². The number of likely N-dealkylation sites (tertiary alicyclic amines) is 1. The molecule has 0 radical (unpaired) electrons. The predicted octanol–water partition coefficient (Wildman–Crippen LogP) is 0.0782. The fourth-order valence-corrected chi connectivity index (χ4v) is 2.35. The van der Waals surface area contributed by atoms with E-state index in [4.69, 9.17) is 5.11 Å². The Bertz CT molecular complexity index is 397. The van der Waals surface area contributed by atoms with E-state index < -0.39 is 5.60 Å². The summed E-state index contributed by atoms with van der Waals surface area (Å²) in [7, 11) is 0. The first-order valence-corrected chi connectivity index (χ1v) is 6.72. The Labute approximate surface area is 112 Å². The minimum absolute atomic E-state index is 0.128. The predicted molar refractivity (Wildman–Crippen MR) is 69.4 cm³/mol. The number of aromatic amines is 1. The van der Waals surface area contributed by atoms with Crippen LogP contribution in [-0.4, -0.2) is 56.5 Å². The van der Waals surface area contributed by atoms with Crippen molar-refractivity contribution < 1.29 is 15.0 Å². The van der Waals surface area contributed by atoms with E-state index in [-0.39, 0.29) is 12.5 Å². The molecule has 0 spiro atoms. The quantitative estimate of drug-likeness (QED) is 0.704. The molecule has 1 fully saturated rings. The van der Waals surface area contributed by atoms with Crippen LogP contribution < -0.4 is 0 Å². The lowest BCUT2D eigenvalue weighted by molar-refractivity contribution is -0.137. The number of H-pyrrole nitrogens is 1. The topological polar surface area (TPSA) is 89.5 Å². The zero-order chi connectivity index (χ0) is 13.7. The molecule has 0 saturated carbocycles. The van der Waals surface area contributed by atoms with Crippen LogP contribution in [0.1, 0.15) is 31.2 Å². The van der Waals surface area contributed by atoms with E-state index in [0.29, 0.717) is 32.4 Å². The number of amides is 1. The molecule has 1 aliphatic rings. The van der Waals surface area contributed by atoms with Crippen molar-refractivity contribution in [3.63, 3.8) is 0 Å². The van der Waals surface area contributed by atoms with Crippen LogP contribution >= 0.6 is 0 Å². The van der Waals surface area contributed by atoms with Crippen molar-refractivity contribution in [2.45, 2.75) is 37.7 Å². The number of piperidine rings is 1. The number of nitrogens with zero attached hydrogens (tertiary/aromatic N) is 2. The van der Waals surface area contributed by atoms with Crippen LogP contribution in [0.15, 0.2) is 12.4 Å². The Morgan fingerprint density at radius 1 is 1.47 bits per heavy atom. The summed E-state index contributed by atoms with van der Waals surface area (Å²) in [6, 6.07) is 0. The summed E-state index contributed by atoms with van der Waals surface area (Å²) in [6.45, 7) is 0.832. The number of carbonyl (C=O) groups excluding carboxylic acids is 1. The summed E-state index contributed by atoms with van der Waals surface area (Å²) in [5.41, 5.74) is 0.120. The molecule has 2 rings (SSSR count). The molecule has 0 aromatic carbocycles. The summed E-state index contributed by atoms with van der Waals surface area (Å²) in [5, 5.41) is 25.6. The molecule has 1 aliphatic heterocycles. The molecule has 1 saturated heterocycles. The molecule has 3 N–H and O–H groups in total. The maximum absolute atomic E-state index is 12.0. The number of rotatable bonds is 5.